The van der Waals surface area contributed by atoms with Gasteiger partial charge in [-0.1, -0.05) is 30.3 Å². The van der Waals surface area contributed by atoms with Gasteiger partial charge in [-0.05, 0) is 32.4 Å². The molecule has 1 fully saturated rings. The van der Waals surface area contributed by atoms with Crippen molar-refractivity contribution in [3.05, 3.63) is 65.2 Å². The molecule has 142 valence electrons. The van der Waals surface area contributed by atoms with E-state index in [2.05, 4.69) is 55.3 Å². The van der Waals surface area contributed by atoms with Gasteiger partial charge in [0, 0.05) is 41.3 Å². The van der Waals surface area contributed by atoms with Gasteiger partial charge in [0.15, 0.2) is 0 Å². The molecule has 0 saturated carbocycles. The molecule has 1 atom stereocenters. The summed E-state index contributed by atoms with van der Waals surface area (Å²) >= 11 is 1.79. The maximum Gasteiger partial charge on any atom is 0.252 e. The third kappa shape index (κ3) is 3.43. The maximum atomic E-state index is 4.64. The van der Waals surface area contributed by atoms with Gasteiger partial charge in [-0.25, -0.2) is 14.5 Å². The van der Waals surface area contributed by atoms with Gasteiger partial charge in [-0.3, -0.25) is 4.90 Å². The van der Waals surface area contributed by atoms with E-state index in [4.69, 9.17) is 0 Å². The van der Waals surface area contributed by atoms with Crippen LogP contribution in [0.15, 0.2) is 48.9 Å². The van der Waals surface area contributed by atoms with Crippen LogP contribution in [0.2, 0.25) is 0 Å². The number of likely N-dealkylation sites (tertiary alicyclic amines) is 1. The molecule has 5 rings (SSSR count). The molecule has 0 N–H and O–H groups in total. The standard InChI is InChI=1S/C21H22N6S/c1-15-10-19(27-21(25-15)23-14-24-27)17-8-5-9-26(12-17)13-18-11-22-20(28-18)16-6-3-2-4-7-16/h2-4,6-7,10-11,14,17H,5,8-9,12-13H2,1H3. The number of benzene rings is 1. The Morgan fingerprint density at radius 3 is 2.96 bits per heavy atom. The van der Waals surface area contributed by atoms with Crippen molar-refractivity contribution in [2.75, 3.05) is 13.1 Å². The predicted octanol–water partition coefficient (Wildman–Crippen LogP) is 3.94. The highest BCUT2D eigenvalue weighted by molar-refractivity contribution is 7.15. The van der Waals surface area contributed by atoms with E-state index in [9.17, 15) is 0 Å². The predicted molar refractivity (Wildman–Crippen MR) is 110 cm³/mol. The van der Waals surface area contributed by atoms with Gasteiger partial charge in [0.2, 0.25) is 0 Å². The summed E-state index contributed by atoms with van der Waals surface area (Å²) < 4.78 is 1.90. The largest absolute Gasteiger partial charge is 0.298 e. The first-order chi connectivity index (χ1) is 13.8. The first-order valence-corrected chi connectivity index (χ1v) is 10.5. The minimum atomic E-state index is 0.446. The third-order valence-corrected chi connectivity index (χ3v) is 6.32. The van der Waals surface area contributed by atoms with Crippen LogP contribution in [0.1, 0.15) is 35.0 Å². The average molecular weight is 391 g/mol. The lowest BCUT2D eigenvalue weighted by atomic mass is 9.94. The average Bonchev–Trinajstić information content (AvgIpc) is 3.38. The van der Waals surface area contributed by atoms with Crippen molar-refractivity contribution in [3.8, 4) is 10.6 Å². The highest BCUT2D eigenvalue weighted by atomic mass is 32.1. The molecule has 7 heteroatoms. The minimum absolute atomic E-state index is 0.446. The van der Waals surface area contributed by atoms with E-state index in [0.29, 0.717) is 11.7 Å². The summed E-state index contributed by atoms with van der Waals surface area (Å²) in [5, 5.41) is 5.49. The van der Waals surface area contributed by atoms with E-state index in [1.807, 2.05) is 23.7 Å². The fraction of sp³-hybridized carbons (Fsp3) is 0.333. The SMILES string of the molecule is Cc1cc(C2CCCN(Cc3cnc(-c4ccccc4)s3)C2)n2ncnc2n1. The van der Waals surface area contributed by atoms with Crippen LogP contribution in [0, 0.1) is 6.92 Å². The molecule has 0 amide bonds. The quantitative estimate of drug-likeness (QED) is 0.528. The van der Waals surface area contributed by atoms with Crippen molar-refractivity contribution in [1.29, 1.82) is 0 Å². The number of thiazole rings is 1. The van der Waals surface area contributed by atoms with Crippen LogP contribution in [-0.2, 0) is 6.54 Å². The third-order valence-electron chi connectivity index (χ3n) is 5.28. The Morgan fingerprint density at radius 1 is 1.18 bits per heavy atom. The van der Waals surface area contributed by atoms with E-state index in [1.54, 1.807) is 17.7 Å². The number of piperidine rings is 1. The van der Waals surface area contributed by atoms with Crippen molar-refractivity contribution in [3.63, 3.8) is 0 Å². The zero-order chi connectivity index (χ0) is 18.9. The van der Waals surface area contributed by atoms with E-state index in [-0.39, 0.29) is 0 Å². The van der Waals surface area contributed by atoms with Crippen LogP contribution in [0.4, 0.5) is 0 Å². The van der Waals surface area contributed by atoms with Crippen molar-refractivity contribution in [2.24, 2.45) is 0 Å². The molecule has 4 heterocycles. The Kier molecular flexibility index (Phi) is 4.62. The van der Waals surface area contributed by atoms with E-state index >= 15 is 0 Å². The lowest BCUT2D eigenvalue weighted by Crippen LogP contribution is -2.34. The number of aryl methyl sites for hydroxylation is 1. The van der Waals surface area contributed by atoms with Gasteiger partial charge >= 0.3 is 0 Å². The summed E-state index contributed by atoms with van der Waals surface area (Å²) in [7, 11) is 0. The molecule has 0 radical (unpaired) electrons. The molecule has 1 saturated heterocycles. The molecule has 0 spiro atoms. The molecule has 0 bridgehead atoms. The van der Waals surface area contributed by atoms with Gasteiger partial charge in [0.1, 0.15) is 11.3 Å². The number of rotatable bonds is 4. The molecule has 1 aliphatic heterocycles. The highest BCUT2D eigenvalue weighted by Crippen LogP contribution is 2.30. The van der Waals surface area contributed by atoms with Crippen LogP contribution in [-0.4, -0.2) is 42.6 Å². The Bertz CT molecular complexity index is 1090. The lowest BCUT2D eigenvalue weighted by molar-refractivity contribution is 0.199. The molecule has 1 aliphatic rings. The van der Waals surface area contributed by atoms with Gasteiger partial charge < -0.3 is 0 Å². The van der Waals surface area contributed by atoms with E-state index < -0.39 is 0 Å². The smallest absolute Gasteiger partial charge is 0.252 e. The molecule has 0 aliphatic carbocycles. The number of fused-ring (bicyclic) bond motifs is 1. The molecule has 6 nitrogen and oxygen atoms in total. The molecule has 28 heavy (non-hydrogen) atoms. The second kappa shape index (κ2) is 7.41. The van der Waals surface area contributed by atoms with Gasteiger partial charge in [0.25, 0.3) is 5.78 Å². The van der Waals surface area contributed by atoms with Gasteiger partial charge in [-0.2, -0.15) is 10.1 Å². The second-order valence-electron chi connectivity index (χ2n) is 7.37. The molecule has 1 aromatic carbocycles. The summed E-state index contributed by atoms with van der Waals surface area (Å²) in [6, 6.07) is 12.6. The Hall–Kier alpha value is -2.64. The number of nitrogens with zero attached hydrogens (tertiary/aromatic N) is 6. The van der Waals surface area contributed by atoms with Crippen molar-refractivity contribution in [1.82, 2.24) is 29.5 Å². The molecule has 1 unspecified atom stereocenters. The monoisotopic (exact) mass is 390 g/mol. The van der Waals surface area contributed by atoms with Crippen LogP contribution in [0.3, 0.4) is 0 Å². The fourth-order valence-electron chi connectivity index (χ4n) is 4.01. The minimum Gasteiger partial charge on any atom is -0.298 e. The first kappa shape index (κ1) is 17.5. The molecular formula is C21H22N6S. The fourth-order valence-corrected chi connectivity index (χ4v) is 4.97. The van der Waals surface area contributed by atoms with E-state index in [1.165, 1.54) is 29.0 Å². The van der Waals surface area contributed by atoms with Crippen LogP contribution < -0.4 is 0 Å². The second-order valence-corrected chi connectivity index (χ2v) is 8.48. The summed E-state index contributed by atoms with van der Waals surface area (Å²) in [4.78, 5) is 17.2. The lowest BCUT2D eigenvalue weighted by Gasteiger charge is -2.32. The number of hydrogen-bond acceptors (Lipinski definition) is 6. The van der Waals surface area contributed by atoms with Gasteiger partial charge in [0.05, 0.1) is 5.69 Å². The summed E-state index contributed by atoms with van der Waals surface area (Å²) in [5.41, 5.74) is 3.41. The van der Waals surface area contributed by atoms with Crippen LogP contribution in [0.5, 0.6) is 0 Å². The summed E-state index contributed by atoms with van der Waals surface area (Å²) in [6.45, 7) is 5.13. The van der Waals surface area contributed by atoms with Crippen LogP contribution >= 0.6 is 11.3 Å². The van der Waals surface area contributed by atoms with Crippen LogP contribution in [0.25, 0.3) is 16.3 Å². The highest BCUT2D eigenvalue weighted by Gasteiger charge is 2.25. The molecular weight excluding hydrogens is 368 g/mol. The first-order valence-electron chi connectivity index (χ1n) is 9.66. The van der Waals surface area contributed by atoms with E-state index in [0.717, 1.165) is 30.3 Å². The molecule has 3 aromatic heterocycles. The zero-order valence-electron chi connectivity index (χ0n) is 15.8. The summed E-state index contributed by atoms with van der Waals surface area (Å²) in [5.74, 6) is 1.14. The Labute approximate surface area is 167 Å². The normalized spacial score (nSPS) is 18.0. The van der Waals surface area contributed by atoms with Crippen molar-refractivity contribution >= 4 is 17.1 Å². The number of aromatic nitrogens is 5. The van der Waals surface area contributed by atoms with Crippen molar-refractivity contribution in [2.45, 2.75) is 32.2 Å². The Morgan fingerprint density at radius 2 is 2.07 bits per heavy atom. The topological polar surface area (TPSA) is 59.2 Å². The maximum absolute atomic E-state index is 4.64. The van der Waals surface area contributed by atoms with Crippen molar-refractivity contribution < 1.29 is 0 Å². The number of hydrogen-bond donors (Lipinski definition) is 0. The Balaban J connectivity index is 1.34. The zero-order valence-corrected chi connectivity index (χ0v) is 16.6. The molecule has 4 aromatic rings. The van der Waals surface area contributed by atoms with Gasteiger partial charge in [-0.15, -0.1) is 11.3 Å². The summed E-state index contributed by atoms with van der Waals surface area (Å²) in [6.07, 6.45) is 5.98.